The Morgan fingerprint density at radius 2 is 2.00 bits per heavy atom. The summed E-state index contributed by atoms with van der Waals surface area (Å²) in [5.41, 5.74) is -0.373. The number of benzene rings is 1. The number of rotatable bonds is 2. The number of hydrogen-bond acceptors (Lipinski definition) is 3. The number of hydrogen-bond donors (Lipinski definition) is 0. The molecule has 1 saturated heterocycles. The molecule has 2 unspecified atom stereocenters. The zero-order chi connectivity index (χ0) is 15.9. The Morgan fingerprint density at radius 3 is 2.48 bits per heavy atom. The third-order valence-electron chi connectivity index (χ3n) is 3.54. The fourth-order valence-corrected chi connectivity index (χ4v) is 3.85. The van der Waals surface area contributed by atoms with Crippen LogP contribution in [0.2, 0.25) is 5.02 Å². The van der Waals surface area contributed by atoms with Crippen LogP contribution >= 0.6 is 22.3 Å². The fourth-order valence-electron chi connectivity index (χ4n) is 2.63. The third-order valence-corrected chi connectivity index (χ3v) is 5.08. The van der Waals surface area contributed by atoms with Crippen molar-refractivity contribution in [2.45, 2.75) is 31.2 Å². The van der Waals surface area contributed by atoms with E-state index in [0.29, 0.717) is 12.5 Å². The highest BCUT2D eigenvalue weighted by Gasteiger charge is 2.33. The Labute approximate surface area is 132 Å². The maximum atomic E-state index is 14.3. The molecule has 1 heterocycles. The summed E-state index contributed by atoms with van der Waals surface area (Å²) in [7, 11) is 0.855. The molecular formula is C13H14Cl2FNO3S. The lowest BCUT2D eigenvalue weighted by molar-refractivity contribution is 0.0738. The van der Waals surface area contributed by atoms with Crippen molar-refractivity contribution in [1.82, 2.24) is 4.90 Å². The highest BCUT2D eigenvalue weighted by atomic mass is 35.7. The number of amides is 1. The molecule has 8 heteroatoms. The van der Waals surface area contributed by atoms with Crippen LogP contribution < -0.4 is 0 Å². The SMILES string of the molecule is CC1CC(C)N(C(=O)c2cc(Cl)cc(S(=O)(=O)Cl)c2F)C1. The molecule has 21 heavy (non-hydrogen) atoms. The van der Waals surface area contributed by atoms with Crippen LogP contribution in [0.5, 0.6) is 0 Å². The van der Waals surface area contributed by atoms with Crippen molar-refractivity contribution in [1.29, 1.82) is 0 Å². The van der Waals surface area contributed by atoms with Gasteiger partial charge in [0, 0.05) is 28.3 Å². The summed E-state index contributed by atoms with van der Waals surface area (Å²) in [5, 5.41) is -0.0566. The number of carbonyl (C=O) groups is 1. The van der Waals surface area contributed by atoms with Gasteiger partial charge in [-0.05, 0) is 31.4 Å². The topological polar surface area (TPSA) is 54.5 Å². The zero-order valence-electron chi connectivity index (χ0n) is 11.4. The lowest BCUT2D eigenvalue weighted by Gasteiger charge is -2.22. The van der Waals surface area contributed by atoms with Gasteiger partial charge in [0.15, 0.2) is 5.82 Å². The zero-order valence-corrected chi connectivity index (χ0v) is 13.8. The van der Waals surface area contributed by atoms with Crippen molar-refractivity contribution >= 4 is 37.2 Å². The molecule has 0 saturated carbocycles. The summed E-state index contributed by atoms with van der Waals surface area (Å²) in [5.74, 6) is -1.43. The monoisotopic (exact) mass is 353 g/mol. The Bertz CT molecular complexity index is 693. The number of likely N-dealkylation sites (tertiary alicyclic amines) is 1. The van der Waals surface area contributed by atoms with Gasteiger partial charge < -0.3 is 4.90 Å². The van der Waals surface area contributed by atoms with Crippen molar-refractivity contribution in [2.24, 2.45) is 5.92 Å². The van der Waals surface area contributed by atoms with Gasteiger partial charge >= 0.3 is 0 Å². The minimum Gasteiger partial charge on any atom is -0.336 e. The van der Waals surface area contributed by atoms with E-state index in [2.05, 4.69) is 0 Å². The van der Waals surface area contributed by atoms with Crippen LogP contribution in [0.3, 0.4) is 0 Å². The highest BCUT2D eigenvalue weighted by molar-refractivity contribution is 8.13. The number of nitrogens with zero attached hydrogens (tertiary/aromatic N) is 1. The molecule has 1 amide bonds. The normalized spacial score (nSPS) is 22.6. The average molecular weight is 354 g/mol. The van der Waals surface area contributed by atoms with E-state index in [1.54, 1.807) is 0 Å². The maximum Gasteiger partial charge on any atom is 0.264 e. The number of halogens is 3. The smallest absolute Gasteiger partial charge is 0.264 e. The summed E-state index contributed by atoms with van der Waals surface area (Å²) in [4.78, 5) is 13.2. The molecule has 0 spiro atoms. The van der Waals surface area contributed by atoms with E-state index in [-0.39, 0.29) is 16.6 Å². The molecule has 1 fully saturated rings. The molecule has 2 rings (SSSR count). The van der Waals surface area contributed by atoms with E-state index in [4.69, 9.17) is 22.3 Å². The van der Waals surface area contributed by atoms with Gasteiger partial charge in [-0.2, -0.15) is 0 Å². The molecule has 1 aromatic carbocycles. The molecule has 1 aliphatic heterocycles. The van der Waals surface area contributed by atoms with E-state index in [1.807, 2.05) is 13.8 Å². The second-order valence-corrected chi connectivity index (χ2v) is 8.32. The predicted octanol–water partition coefficient (Wildman–Crippen LogP) is 3.28. The summed E-state index contributed by atoms with van der Waals surface area (Å²) in [6.07, 6.45) is 0.814. The first-order valence-electron chi connectivity index (χ1n) is 6.36. The van der Waals surface area contributed by atoms with Crippen molar-refractivity contribution in [3.63, 3.8) is 0 Å². The minimum atomic E-state index is -4.32. The molecule has 0 N–H and O–H groups in total. The van der Waals surface area contributed by atoms with Crippen molar-refractivity contribution in [2.75, 3.05) is 6.54 Å². The van der Waals surface area contributed by atoms with Crippen LogP contribution in [0, 0.1) is 11.7 Å². The summed E-state index contributed by atoms with van der Waals surface area (Å²) < 4.78 is 37.0. The molecule has 0 bridgehead atoms. The quantitative estimate of drug-likeness (QED) is 0.766. The van der Waals surface area contributed by atoms with Crippen LogP contribution in [-0.4, -0.2) is 31.8 Å². The van der Waals surface area contributed by atoms with Gasteiger partial charge in [-0.15, -0.1) is 0 Å². The summed E-state index contributed by atoms with van der Waals surface area (Å²) >= 11 is 5.78. The van der Waals surface area contributed by atoms with Gasteiger partial charge in [0.2, 0.25) is 0 Å². The van der Waals surface area contributed by atoms with Crippen molar-refractivity contribution in [3.05, 3.63) is 28.5 Å². The lowest BCUT2D eigenvalue weighted by atomic mass is 10.1. The van der Waals surface area contributed by atoms with Crippen LogP contribution in [-0.2, 0) is 9.05 Å². The number of carbonyl (C=O) groups excluding carboxylic acids is 1. The van der Waals surface area contributed by atoms with Crippen LogP contribution in [0.4, 0.5) is 4.39 Å². The van der Waals surface area contributed by atoms with E-state index in [0.717, 1.165) is 18.6 Å². The second-order valence-electron chi connectivity index (χ2n) is 5.35. The lowest BCUT2D eigenvalue weighted by Crippen LogP contribution is -2.34. The Balaban J connectivity index is 2.50. The molecule has 0 radical (unpaired) electrons. The van der Waals surface area contributed by atoms with E-state index in [9.17, 15) is 17.6 Å². The van der Waals surface area contributed by atoms with Gasteiger partial charge in [0.05, 0.1) is 5.56 Å². The molecule has 4 nitrogen and oxygen atoms in total. The van der Waals surface area contributed by atoms with Gasteiger partial charge in [-0.25, -0.2) is 12.8 Å². The molecular weight excluding hydrogens is 340 g/mol. The van der Waals surface area contributed by atoms with Gasteiger partial charge in [0.1, 0.15) is 4.90 Å². The molecule has 0 aromatic heterocycles. The Hall–Kier alpha value is -0.850. The highest BCUT2D eigenvalue weighted by Crippen LogP contribution is 2.30. The first-order chi connectivity index (χ1) is 9.61. The van der Waals surface area contributed by atoms with Crippen molar-refractivity contribution in [3.8, 4) is 0 Å². The molecule has 1 aliphatic rings. The van der Waals surface area contributed by atoms with E-state index in [1.165, 1.54) is 4.90 Å². The summed E-state index contributed by atoms with van der Waals surface area (Å²) in [6.45, 7) is 4.35. The van der Waals surface area contributed by atoms with Gasteiger partial charge in [-0.1, -0.05) is 18.5 Å². The standard InChI is InChI=1S/C13H14Cl2FNO3S/c1-7-3-8(2)17(6-7)13(18)10-4-9(14)5-11(12(10)16)21(15,19)20/h4-5,7-8H,3,6H2,1-2H3. The summed E-state index contributed by atoms with van der Waals surface area (Å²) in [6, 6.07) is 1.98. The third kappa shape index (κ3) is 3.33. The van der Waals surface area contributed by atoms with Crippen LogP contribution in [0.25, 0.3) is 0 Å². The predicted molar refractivity (Wildman–Crippen MR) is 78.7 cm³/mol. The average Bonchev–Trinajstić information content (AvgIpc) is 2.68. The Kier molecular flexibility index (Phi) is 4.52. The van der Waals surface area contributed by atoms with Crippen LogP contribution in [0.15, 0.2) is 17.0 Å². The van der Waals surface area contributed by atoms with Crippen LogP contribution in [0.1, 0.15) is 30.6 Å². The van der Waals surface area contributed by atoms with Crippen molar-refractivity contribution < 1.29 is 17.6 Å². The van der Waals surface area contributed by atoms with E-state index < -0.39 is 25.7 Å². The molecule has 1 aromatic rings. The molecule has 2 atom stereocenters. The maximum absolute atomic E-state index is 14.3. The minimum absolute atomic E-state index is 0.0399. The van der Waals surface area contributed by atoms with Gasteiger partial charge in [-0.3, -0.25) is 4.79 Å². The Morgan fingerprint density at radius 1 is 1.38 bits per heavy atom. The van der Waals surface area contributed by atoms with E-state index >= 15 is 0 Å². The molecule has 0 aliphatic carbocycles. The fraction of sp³-hybridized carbons (Fsp3) is 0.462. The molecule has 116 valence electrons. The first kappa shape index (κ1) is 16.5. The largest absolute Gasteiger partial charge is 0.336 e. The second kappa shape index (κ2) is 5.74. The van der Waals surface area contributed by atoms with Gasteiger partial charge in [0.25, 0.3) is 15.0 Å². The first-order valence-corrected chi connectivity index (χ1v) is 9.04.